The summed E-state index contributed by atoms with van der Waals surface area (Å²) in [5, 5.41) is 6.98. The van der Waals surface area contributed by atoms with Gasteiger partial charge in [0.2, 0.25) is 11.7 Å². The fourth-order valence-corrected chi connectivity index (χ4v) is 1.81. The first-order valence-electron chi connectivity index (χ1n) is 7.05. The summed E-state index contributed by atoms with van der Waals surface area (Å²) in [4.78, 5) is 4.21. The molecule has 0 saturated carbocycles. The minimum absolute atomic E-state index is 0.0796. The van der Waals surface area contributed by atoms with Crippen LogP contribution in [0.1, 0.15) is 44.0 Å². The van der Waals surface area contributed by atoms with Crippen molar-refractivity contribution in [2.45, 2.75) is 39.8 Å². The SMILES string of the molecule is CCNCc1cccc(F)c1OCc1noc(C(C)C)n1. The Morgan fingerprint density at radius 1 is 1.38 bits per heavy atom. The van der Waals surface area contributed by atoms with E-state index in [4.69, 9.17) is 9.26 Å². The van der Waals surface area contributed by atoms with Gasteiger partial charge in [-0.2, -0.15) is 4.98 Å². The van der Waals surface area contributed by atoms with E-state index in [0.29, 0.717) is 18.3 Å². The molecule has 0 saturated heterocycles. The molecule has 5 nitrogen and oxygen atoms in total. The van der Waals surface area contributed by atoms with Crippen LogP contribution in [0.2, 0.25) is 0 Å². The number of para-hydroxylation sites is 1. The third kappa shape index (κ3) is 4.01. The zero-order valence-electron chi connectivity index (χ0n) is 12.5. The quantitative estimate of drug-likeness (QED) is 0.850. The number of nitrogens with zero attached hydrogens (tertiary/aromatic N) is 2. The summed E-state index contributed by atoms with van der Waals surface area (Å²) in [6, 6.07) is 4.87. The monoisotopic (exact) mass is 293 g/mol. The Kier molecular flexibility index (Phi) is 5.27. The van der Waals surface area contributed by atoms with Gasteiger partial charge < -0.3 is 14.6 Å². The fraction of sp³-hybridized carbons (Fsp3) is 0.467. The van der Waals surface area contributed by atoms with Gasteiger partial charge in [0.15, 0.2) is 18.2 Å². The van der Waals surface area contributed by atoms with Crippen molar-refractivity contribution in [1.82, 2.24) is 15.5 Å². The standard InChI is InChI=1S/C15H20FN3O2/c1-4-17-8-11-6-5-7-12(16)14(11)20-9-13-18-15(10(2)3)21-19-13/h5-7,10,17H,4,8-9H2,1-3H3. The molecule has 0 fully saturated rings. The van der Waals surface area contributed by atoms with Crippen molar-refractivity contribution in [3.05, 3.63) is 41.3 Å². The average Bonchev–Trinajstić information content (AvgIpc) is 2.93. The van der Waals surface area contributed by atoms with Crippen molar-refractivity contribution in [2.75, 3.05) is 6.54 Å². The van der Waals surface area contributed by atoms with Gasteiger partial charge in [-0.05, 0) is 12.6 Å². The van der Waals surface area contributed by atoms with Crippen LogP contribution in [0.4, 0.5) is 4.39 Å². The number of benzene rings is 1. The van der Waals surface area contributed by atoms with Crippen LogP contribution >= 0.6 is 0 Å². The Morgan fingerprint density at radius 2 is 2.19 bits per heavy atom. The molecule has 0 bridgehead atoms. The van der Waals surface area contributed by atoms with E-state index in [1.54, 1.807) is 6.07 Å². The van der Waals surface area contributed by atoms with E-state index in [9.17, 15) is 4.39 Å². The summed E-state index contributed by atoms with van der Waals surface area (Å²) in [6.45, 7) is 7.35. The second-order valence-electron chi connectivity index (χ2n) is 5.00. The Balaban J connectivity index is 2.07. The Bertz CT molecular complexity index is 584. The number of hydrogen-bond acceptors (Lipinski definition) is 5. The Hall–Kier alpha value is -1.95. The lowest BCUT2D eigenvalue weighted by Gasteiger charge is -2.11. The molecule has 0 aliphatic rings. The second kappa shape index (κ2) is 7.17. The molecular formula is C15H20FN3O2. The summed E-state index contributed by atoms with van der Waals surface area (Å²) in [7, 11) is 0. The van der Waals surface area contributed by atoms with Crippen LogP contribution in [-0.2, 0) is 13.2 Å². The third-order valence-electron chi connectivity index (χ3n) is 2.94. The number of ether oxygens (including phenoxy) is 1. The van der Waals surface area contributed by atoms with E-state index in [2.05, 4.69) is 15.5 Å². The predicted molar refractivity (Wildman–Crippen MR) is 76.5 cm³/mol. The van der Waals surface area contributed by atoms with Gasteiger partial charge >= 0.3 is 0 Å². The Morgan fingerprint density at radius 3 is 2.86 bits per heavy atom. The molecule has 0 atom stereocenters. The van der Waals surface area contributed by atoms with Gasteiger partial charge in [0.1, 0.15) is 0 Å². The van der Waals surface area contributed by atoms with Crippen molar-refractivity contribution in [2.24, 2.45) is 0 Å². The van der Waals surface area contributed by atoms with E-state index in [0.717, 1.165) is 12.1 Å². The van der Waals surface area contributed by atoms with Crippen molar-refractivity contribution in [3.63, 3.8) is 0 Å². The van der Waals surface area contributed by atoms with Gasteiger partial charge in [0.05, 0.1) is 0 Å². The summed E-state index contributed by atoms with van der Waals surface area (Å²) in [6.07, 6.45) is 0. The zero-order valence-corrected chi connectivity index (χ0v) is 12.5. The number of aromatic nitrogens is 2. The number of hydrogen-bond donors (Lipinski definition) is 1. The average molecular weight is 293 g/mol. The molecule has 0 aliphatic heterocycles. The highest BCUT2D eigenvalue weighted by Gasteiger charge is 2.13. The van der Waals surface area contributed by atoms with Crippen LogP contribution in [0.3, 0.4) is 0 Å². The van der Waals surface area contributed by atoms with Crippen LogP contribution < -0.4 is 10.1 Å². The van der Waals surface area contributed by atoms with Crippen LogP contribution in [0.5, 0.6) is 5.75 Å². The lowest BCUT2D eigenvalue weighted by molar-refractivity contribution is 0.268. The molecule has 0 aliphatic carbocycles. The summed E-state index contributed by atoms with van der Waals surface area (Å²) in [5.41, 5.74) is 0.768. The van der Waals surface area contributed by atoms with Crippen LogP contribution in [0.25, 0.3) is 0 Å². The van der Waals surface area contributed by atoms with Gasteiger partial charge in [-0.15, -0.1) is 0 Å². The van der Waals surface area contributed by atoms with Crippen molar-refractivity contribution in [1.29, 1.82) is 0 Å². The normalized spacial score (nSPS) is 11.1. The van der Waals surface area contributed by atoms with Gasteiger partial charge in [-0.1, -0.05) is 38.1 Å². The lowest BCUT2D eigenvalue weighted by Crippen LogP contribution is -2.13. The van der Waals surface area contributed by atoms with Crippen molar-refractivity contribution < 1.29 is 13.7 Å². The first kappa shape index (κ1) is 15.4. The number of rotatable bonds is 7. The van der Waals surface area contributed by atoms with E-state index < -0.39 is 5.82 Å². The smallest absolute Gasteiger partial charge is 0.229 e. The molecule has 1 N–H and O–H groups in total. The first-order valence-corrected chi connectivity index (χ1v) is 7.05. The maximum absolute atomic E-state index is 13.9. The molecule has 0 spiro atoms. The maximum Gasteiger partial charge on any atom is 0.229 e. The van der Waals surface area contributed by atoms with E-state index in [-0.39, 0.29) is 18.3 Å². The highest BCUT2D eigenvalue weighted by atomic mass is 19.1. The number of halogens is 1. The topological polar surface area (TPSA) is 60.2 Å². The predicted octanol–water partition coefficient (Wildman–Crippen LogP) is 3.02. The minimum Gasteiger partial charge on any atom is -0.482 e. The largest absolute Gasteiger partial charge is 0.482 e. The highest BCUT2D eigenvalue weighted by molar-refractivity contribution is 5.34. The van der Waals surface area contributed by atoms with E-state index in [1.807, 2.05) is 26.8 Å². The van der Waals surface area contributed by atoms with Gasteiger partial charge in [0, 0.05) is 18.0 Å². The molecule has 0 radical (unpaired) electrons. The van der Waals surface area contributed by atoms with Crippen LogP contribution in [0, 0.1) is 5.82 Å². The van der Waals surface area contributed by atoms with Gasteiger partial charge in [0.25, 0.3) is 0 Å². The van der Waals surface area contributed by atoms with E-state index >= 15 is 0 Å². The molecule has 2 rings (SSSR count). The lowest BCUT2D eigenvalue weighted by atomic mass is 10.2. The highest BCUT2D eigenvalue weighted by Crippen LogP contribution is 2.23. The molecular weight excluding hydrogens is 273 g/mol. The van der Waals surface area contributed by atoms with Crippen LogP contribution in [0.15, 0.2) is 22.7 Å². The minimum atomic E-state index is -0.391. The summed E-state index contributed by atoms with van der Waals surface area (Å²) in [5.74, 6) is 0.961. The molecule has 114 valence electrons. The second-order valence-corrected chi connectivity index (χ2v) is 5.00. The van der Waals surface area contributed by atoms with E-state index in [1.165, 1.54) is 6.07 Å². The Labute approximate surface area is 123 Å². The molecule has 1 heterocycles. The molecule has 1 aromatic carbocycles. The van der Waals surface area contributed by atoms with Gasteiger partial charge in [-0.25, -0.2) is 4.39 Å². The van der Waals surface area contributed by atoms with Gasteiger partial charge in [-0.3, -0.25) is 0 Å². The third-order valence-corrected chi connectivity index (χ3v) is 2.94. The van der Waals surface area contributed by atoms with Crippen molar-refractivity contribution in [3.8, 4) is 5.75 Å². The summed E-state index contributed by atoms with van der Waals surface area (Å²) >= 11 is 0. The molecule has 0 amide bonds. The van der Waals surface area contributed by atoms with Crippen molar-refractivity contribution >= 4 is 0 Å². The molecule has 21 heavy (non-hydrogen) atoms. The summed E-state index contributed by atoms with van der Waals surface area (Å²) < 4.78 is 24.5. The molecule has 1 aromatic heterocycles. The fourth-order valence-electron chi connectivity index (χ4n) is 1.81. The van der Waals surface area contributed by atoms with Crippen LogP contribution in [-0.4, -0.2) is 16.7 Å². The molecule has 6 heteroatoms. The first-order chi connectivity index (χ1) is 10.1. The molecule has 2 aromatic rings. The molecule has 0 unspecified atom stereocenters. The number of nitrogens with one attached hydrogen (secondary N) is 1. The zero-order chi connectivity index (χ0) is 15.2. The maximum atomic E-state index is 13.9.